The zero-order valence-corrected chi connectivity index (χ0v) is 16.8. The van der Waals surface area contributed by atoms with Crippen LogP contribution in [0.25, 0.3) is 0 Å². The maximum absolute atomic E-state index is 12.7. The van der Waals surface area contributed by atoms with Crippen LogP contribution in [0, 0.1) is 11.8 Å². The van der Waals surface area contributed by atoms with E-state index in [1.54, 1.807) is 0 Å². The van der Waals surface area contributed by atoms with Crippen molar-refractivity contribution in [1.82, 2.24) is 14.9 Å². The fourth-order valence-electron chi connectivity index (χ4n) is 3.56. The Balaban J connectivity index is 0.00000225. The third kappa shape index (κ3) is 5.65. The molecule has 0 bridgehead atoms. The summed E-state index contributed by atoms with van der Waals surface area (Å²) < 4.78 is 24.6. The van der Waals surface area contributed by atoms with Crippen LogP contribution in [-0.2, 0) is 16.4 Å². The average Bonchev–Trinajstić information content (AvgIpc) is 3.11. The van der Waals surface area contributed by atoms with E-state index >= 15 is 0 Å². The maximum Gasteiger partial charge on any atom is 0.263 e. The van der Waals surface area contributed by atoms with E-state index in [-0.39, 0.29) is 18.3 Å². The molecule has 0 saturated carbocycles. The molecule has 2 aliphatic heterocycles. The quantitative estimate of drug-likeness (QED) is 0.771. The normalized spacial score (nSPS) is 23.6. The van der Waals surface area contributed by atoms with Crippen LogP contribution >= 0.6 is 23.7 Å². The molecule has 2 N–H and O–H groups in total. The number of sulfonamides is 1. The maximum atomic E-state index is 12.7. The smallest absolute Gasteiger partial charge is 0.263 e. The van der Waals surface area contributed by atoms with Crippen LogP contribution in [0.3, 0.4) is 0 Å². The van der Waals surface area contributed by atoms with Crippen molar-refractivity contribution in [3.63, 3.8) is 0 Å². The first-order chi connectivity index (χ1) is 11.4. The second-order valence-electron chi connectivity index (χ2n) is 6.73. The van der Waals surface area contributed by atoms with Crippen LogP contribution < -0.4 is 10.0 Å². The SMILES string of the molecule is CS(=O)(=O)NCCc1ccc(C(=O)N2CC[C@@H]3CNC[C@@H]3CC2)s1.Cl. The molecule has 25 heavy (non-hydrogen) atoms. The van der Waals surface area contributed by atoms with Gasteiger partial charge in [-0.05, 0) is 56.3 Å². The van der Waals surface area contributed by atoms with E-state index in [2.05, 4.69) is 10.0 Å². The number of fused-ring (bicyclic) bond motifs is 1. The van der Waals surface area contributed by atoms with Crippen molar-refractivity contribution in [2.24, 2.45) is 11.8 Å². The molecule has 0 radical (unpaired) electrons. The number of nitrogens with zero attached hydrogens (tertiary/aromatic N) is 1. The van der Waals surface area contributed by atoms with Crippen LogP contribution in [-0.4, -0.2) is 58.2 Å². The van der Waals surface area contributed by atoms with E-state index in [0.717, 1.165) is 55.0 Å². The van der Waals surface area contributed by atoms with Gasteiger partial charge >= 0.3 is 0 Å². The number of nitrogens with one attached hydrogen (secondary N) is 2. The number of carbonyl (C=O) groups excluding carboxylic acids is 1. The van der Waals surface area contributed by atoms with E-state index < -0.39 is 10.0 Å². The lowest BCUT2D eigenvalue weighted by molar-refractivity contribution is 0.0763. The van der Waals surface area contributed by atoms with Crippen LogP contribution in [0.2, 0.25) is 0 Å². The fourth-order valence-corrected chi connectivity index (χ4v) is 5.01. The standard InChI is InChI=1S/C16H25N3O3S2.ClH/c1-24(21,22)18-7-4-14-2-3-15(23-14)16(20)19-8-5-12-10-17-11-13(12)6-9-19;/h2-3,12-13,17-18H,4-11H2,1H3;1H/t12-,13+;. The summed E-state index contributed by atoms with van der Waals surface area (Å²) in [6.07, 6.45) is 3.93. The summed E-state index contributed by atoms with van der Waals surface area (Å²) in [5.41, 5.74) is 0. The van der Waals surface area contributed by atoms with Crippen LogP contribution in [0.15, 0.2) is 12.1 Å². The van der Waals surface area contributed by atoms with Crippen molar-refractivity contribution >= 4 is 39.7 Å². The third-order valence-corrected chi connectivity index (χ3v) is 6.78. The minimum Gasteiger partial charge on any atom is -0.338 e. The van der Waals surface area contributed by atoms with Gasteiger partial charge in [0, 0.05) is 24.5 Å². The average molecular weight is 408 g/mol. The van der Waals surface area contributed by atoms with Crippen molar-refractivity contribution in [3.05, 3.63) is 21.9 Å². The van der Waals surface area contributed by atoms with Gasteiger partial charge in [-0.3, -0.25) is 4.79 Å². The van der Waals surface area contributed by atoms with Gasteiger partial charge in [-0.25, -0.2) is 13.1 Å². The zero-order chi connectivity index (χ0) is 17.2. The Kier molecular flexibility index (Phi) is 7.28. The van der Waals surface area contributed by atoms with Gasteiger partial charge in [0.25, 0.3) is 5.91 Å². The predicted molar refractivity (Wildman–Crippen MR) is 103 cm³/mol. The van der Waals surface area contributed by atoms with E-state index in [0.29, 0.717) is 24.8 Å². The lowest BCUT2D eigenvalue weighted by Crippen LogP contribution is -2.32. The Morgan fingerprint density at radius 2 is 1.92 bits per heavy atom. The third-order valence-electron chi connectivity index (χ3n) is 4.91. The van der Waals surface area contributed by atoms with Crippen molar-refractivity contribution in [3.8, 4) is 0 Å². The highest BCUT2D eigenvalue weighted by Crippen LogP contribution is 2.28. The number of halogens is 1. The van der Waals surface area contributed by atoms with Gasteiger partial charge in [0.15, 0.2) is 0 Å². The highest BCUT2D eigenvalue weighted by molar-refractivity contribution is 7.88. The fraction of sp³-hybridized carbons (Fsp3) is 0.688. The van der Waals surface area contributed by atoms with Gasteiger partial charge in [0.05, 0.1) is 11.1 Å². The second kappa shape index (κ2) is 8.81. The van der Waals surface area contributed by atoms with Crippen LogP contribution in [0.5, 0.6) is 0 Å². The highest BCUT2D eigenvalue weighted by atomic mass is 35.5. The van der Waals surface area contributed by atoms with E-state index in [9.17, 15) is 13.2 Å². The van der Waals surface area contributed by atoms with Crippen molar-refractivity contribution in [2.75, 3.05) is 39.0 Å². The summed E-state index contributed by atoms with van der Waals surface area (Å²) in [7, 11) is -3.16. The summed E-state index contributed by atoms with van der Waals surface area (Å²) >= 11 is 1.47. The Labute approximate surface area is 159 Å². The first-order valence-electron chi connectivity index (χ1n) is 8.46. The molecule has 1 aromatic rings. The molecule has 1 aromatic heterocycles. The molecule has 2 atom stereocenters. The van der Waals surface area contributed by atoms with E-state index in [1.807, 2.05) is 17.0 Å². The molecule has 142 valence electrons. The molecule has 0 aliphatic carbocycles. The molecule has 2 fully saturated rings. The molecule has 3 rings (SSSR count). The molecule has 0 unspecified atom stereocenters. The lowest BCUT2D eigenvalue weighted by atomic mass is 9.92. The predicted octanol–water partition coefficient (Wildman–Crippen LogP) is 1.33. The molecular weight excluding hydrogens is 382 g/mol. The molecule has 0 aromatic carbocycles. The molecule has 2 aliphatic rings. The zero-order valence-electron chi connectivity index (χ0n) is 14.4. The Morgan fingerprint density at radius 1 is 1.28 bits per heavy atom. The summed E-state index contributed by atoms with van der Waals surface area (Å²) in [5, 5.41) is 3.45. The van der Waals surface area contributed by atoms with Crippen LogP contribution in [0.4, 0.5) is 0 Å². The van der Waals surface area contributed by atoms with Gasteiger partial charge in [-0.1, -0.05) is 0 Å². The Hall–Kier alpha value is -0.670. The topological polar surface area (TPSA) is 78.5 Å². The van der Waals surface area contributed by atoms with Crippen molar-refractivity contribution < 1.29 is 13.2 Å². The van der Waals surface area contributed by atoms with Gasteiger partial charge < -0.3 is 10.2 Å². The molecule has 9 heteroatoms. The monoisotopic (exact) mass is 407 g/mol. The molecule has 1 amide bonds. The molecule has 0 spiro atoms. The largest absolute Gasteiger partial charge is 0.338 e. The number of hydrogen-bond acceptors (Lipinski definition) is 5. The number of amides is 1. The van der Waals surface area contributed by atoms with Gasteiger partial charge in [-0.2, -0.15) is 0 Å². The summed E-state index contributed by atoms with van der Waals surface area (Å²) in [4.78, 5) is 16.5. The number of thiophene rings is 1. The number of hydrogen-bond donors (Lipinski definition) is 2. The number of carbonyl (C=O) groups is 1. The van der Waals surface area contributed by atoms with E-state index in [4.69, 9.17) is 0 Å². The van der Waals surface area contributed by atoms with E-state index in [1.165, 1.54) is 11.3 Å². The van der Waals surface area contributed by atoms with Gasteiger partial charge in [0.1, 0.15) is 0 Å². The number of rotatable bonds is 5. The van der Waals surface area contributed by atoms with Gasteiger partial charge in [0.2, 0.25) is 10.0 Å². The first-order valence-corrected chi connectivity index (χ1v) is 11.2. The van der Waals surface area contributed by atoms with Crippen molar-refractivity contribution in [1.29, 1.82) is 0 Å². The summed E-state index contributed by atoms with van der Waals surface area (Å²) in [5.74, 6) is 1.54. The Bertz CT molecular complexity index is 679. The van der Waals surface area contributed by atoms with Crippen molar-refractivity contribution in [2.45, 2.75) is 19.3 Å². The summed E-state index contributed by atoms with van der Waals surface area (Å²) in [6.45, 7) is 4.22. The highest BCUT2D eigenvalue weighted by Gasteiger charge is 2.31. The molecule has 3 heterocycles. The lowest BCUT2D eigenvalue weighted by Gasteiger charge is -2.20. The van der Waals surface area contributed by atoms with Gasteiger partial charge in [-0.15, -0.1) is 23.7 Å². The molecular formula is C16H26ClN3O3S2. The number of likely N-dealkylation sites (tertiary alicyclic amines) is 1. The second-order valence-corrected chi connectivity index (χ2v) is 9.73. The van der Waals surface area contributed by atoms with Crippen LogP contribution in [0.1, 0.15) is 27.4 Å². The first kappa shape index (κ1) is 20.6. The molecule has 6 nitrogen and oxygen atoms in total. The minimum atomic E-state index is -3.16. The minimum absolute atomic E-state index is 0. The Morgan fingerprint density at radius 3 is 2.52 bits per heavy atom. The molecule has 2 saturated heterocycles. The summed E-state index contributed by atoms with van der Waals surface area (Å²) in [6, 6.07) is 3.80.